The third-order valence-corrected chi connectivity index (χ3v) is 4.52. The molecule has 6 heteroatoms. The van der Waals surface area contributed by atoms with E-state index in [1.165, 1.54) is 0 Å². The summed E-state index contributed by atoms with van der Waals surface area (Å²) in [5, 5.41) is 6.63. The van der Waals surface area contributed by atoms with Crippen molar-refractivity contribution in [1.29, 1.82) is 0 Å². The van der Waals surface area contributed by atoms with Gasteiger partial charge in [0, 0.05) is 10.9 Å². The summed E-state index contributed by atoms with van der Waals surface area (Å²) in [6.07, 6.45) is 1.62. The quantitative estimate of drug-likeness (QED) is 0.637. The van der Waals surface area contributed by atoms with Crippen molar-refractivity contribution in [3.8, 4) is 5.75 Å². The molecule has 0 saturated carbocycles. The molecule has 3 rings (SSSR count). The Bertz CT molecular complexity index is 1000. The van der Waals surface area contributed by atoms with Crippen molar-refractivity contribution < 1.29 is 14.3 Å². The average molecular weight is 391 g/mol. The smallest absolute Gasteiger partial charge is 0.251 e. The second-order valence-corrected chi connectivity index (χ2v) is 7.06. The van der Waals surface area contributed by atoms with Gasteiger partial charge in [-0.25, -0.2) is 0 Å². The SMILES string of the molecule is CCOc1ccc(C(=O)NC(C(=O)Nc2cnc3ccccc3c2)C(C)C)cc1. The lowest BCUT2D eigenvalue weighted by atomic mass is 10.0. The van der Waals surface area contributed by atoms with Crippen LogP contribution in [0.15, 0.2) is 60.8 Å². The molecule has 1 atom stereocenters. The number of nitrogens with zero attached hydrogens (tertiary/aromatic N) is 1. The van der Waals surface area contributed by atoms with Crippen molar-refractivity contribution in [1.82, 2.24) is 10.3 Å². The van der Waals surface area contributed by atoms with Crippen LogP contribution in [-0.4, -0.2) is 29.4 Å². The molecule has 29 heavy (non-hydrogen) atoms. The molecule has 0 bridgehead atoms. The molecule has 2 amide bonds. The van der Waals surface area contributed by atoms with Gasteiger partial charge >= 0.3 is 0 Å². The summed E-state index contributed by atoms with van der Waals surface area (Å²) in [7, 11) is 0. The van der Waals surface area contributed by atoms with E-state index in [2.05, 4.69) is 15.6 Å². The van der Waals surface area contributed by atoms with E-state index in [4.69, 9.17) is 4.74 Å². The van der Waals surface area contributed by atoms with E-state index in [0.29, 0.717) is 23.6 Å². The van der Waals surface area contributed by atoms with Crippen molar-refractivity contribution in [3.63, 3.8) is 0 Å². The fourth-order valence-corrected chi connectivity index (χ4v) is 2.99. The average Bonchev–Trinajstić information content (AvgIpc) is 2.72. The molecule has 1 aromatic heterocycles. The van der Waals surface area contributed by atoms with Crippen LogP contribution in [0.5, 0.6) is 5.75 Å². The molecule has 1 heterocycles. The molecule has 0 saturated heterocycles. The second-order valence-electron chi connectivity index (χ2n) is 7.06. The van der Waals surface area contributed by atoms with Gasteiger partial charge in [-0.05, 0) is 49.2 Å². The zero-order chi connectivity index (χ0) is 20.8. The van der Waals surface area contributed by atoms with E-state index in [1.807, 2.05) is 51.1 Å². The van der Waals surface area contributed by atoms with Gasteiger partial charge in [0.15, 0.2) is 0 Å². The molecule has 1 unspecified atom stereocenters. The van der Waals surface area contributed by atoms with Crippen LogP contribution in [0.25, 0.3) is 10.9 Å². The van der Waals surface area contributed by atoms with Crippen LogP contribution in [0.2, 0.25) is 0 Å². The highest BCUT2D eigenvalue weighted by molar-refractivity contribution is 6.01. The van der Waals surface area contributed by atoms with Crippen molar-refractivity contribution >= 4 is 28.4 Å². The molecule has 3 aromatic rings. The Balaban J connectivity index is 1.70. The summed E-state index contributed by atoms with van der Waals surface area (Å²) in [4.78, 5) is 29.8. The number of nitrogens with one attached hydrogen (secondary N) is 2. The number of para-hydroxylation sites is 1. The first kappa shape index (κ1) is 20.3. The number of ether oxygens (including phenoxy) is 1. The maximum atomic E-state index is 12.8. The molecule has 150 valence electrons. The number of carbonyl (C=O) groups is 2. The predicted molar refractivity (Wildman–Crippen MR) is 114 cm³/mol. The lowest BCUT2D eigenvalue weighted by Crippen LogP contribution is -2.47. The van der Waals surface area contributed by atoms with Crippen LogP contribution in [0.4, 0.5) is 5.69 Å². The van der Waals surface area contributed by atoms with E-state index < -0.39 is 6.04 Å². The number of aromatic nitrogens is 1. The minimum atomic E-state index is -0.680. The monoisotopic (exact) mass is 391 g/mol. The number of pyridine rings is 1. The van der Waals surface area contributed by atoms with Gasteiger partial charge in [-0.15, -0.1) is 0 Å². The summed E-state index contributed by atoms with van der Waals surface area (Å²) in [6, 6.07) is 15.7. The maximum Gasteiger partial charge on any atom is 0.251 e. The van der Waals surface area contributed by atoms with Gasteiger partial charge in [-0.1, -0.05) is 32.0 Å². The normalized spacial score (nSPS) is 11.9. The minimum absolute atomic E-state index is 0.0879. The standard InChI is InChI=1S/C23H25N3O3/c1-4-29-19-11-9-16(10-12-19)22(27)26-21(15(2)3)23(28)25-18-13-17-7-5-6-8-20(17)24-14-18/h5-15,21H,4H2,1-3H3,(H,25,28)(H,26,27). The third-order valence-electron chi connectivity index (χ3n) is 4.52. The van der Waals surface area contributed by atoms with E-state index >= 15 is 0 Å². The van der Waals surface area contributed by atoms with E-state index in [0.717, 1.165) is 10.9 Å². The molecule has 0 fully saturated rings. The minimum Gasteiger partial charge on any atom is -0.494 e. The van der Waals surface area contributed by atoms with Gasteiger partial charge < -0.3 is 15.4 Å². The van der Waals surface area contributed by atoms with E-state index in [9.17, 15) is 9.59 Å². The van der Waals surface area contributed by atoms with Crippen LogP contribution >= 0.6 is 0 Å². The van der Waals surface area contributed by atoms with Gasteiger partial charge in [0.1, 0.15) is 11.8 Å². The molecular weight excluding hydrogens is 366 g/mol. The number of carbonyl (C=O) groups excluding carboxylic acids is 2. The number of benzene rings is 2. The van der Waals surface area contributed by atoms with Gasteiger partial charge in [0.05, 0.1) is 24.0 Å². The van der Waals surface area contributed by atoms with Crippen molar-refractivity contribution in [2.45, 2.75) is 26.8 Å². The highest BCUT2D eigenvalue weighted by Gasteiger charge is 2.25. The Hall–Kier alpha value is -3.41. The topological polar surface area (TPSA) is 80.3 Å². The van der Waals surface area contributed by atoms with Gasteiger partial charge in [-0.2, -0.15) is 0 Å². The molecule has 0 aliphatic rings. The molecular formula is C23H25N3O3. The van der Waals surface area contributed by atoms with Crippen LogP contribution in [0, 0.1) is 5.92 Å². The Labute approximate surface area is 170 Å². The number of hydrogen-bond donors (Lipinski definition) is 2. The van der Waals surface area contributed by atoms with Gasteiger partial charge in [0.25, 0.3) is 5.91 Å². The summed E-state index contributed by atoms with van der Waals surface area (Å²) in [6.45, 7) is 6.24. The van der Waals surface area contributed by atoms with Crippen LogP contribution in [0.3, 0.4) is 0 Å². The molecule has 0 aliphatic heterocycles. The van der Waals surface area contributed by atoms with Crippen molar-refractivity contribution in [3.05, 3.63) is 66.4 Å². The van der Waals surface area contributed by atoms with E-state index in [1.54, 1.807) is 30.5 Å². The first-order valence-electron chi connectivity index (χ1n) is 9.67. The molecule has 6 nitrogen and oxygen atoms in total. The number of fused-ring (bicyclic) bond motifs is 1. The number of amides is 2. The Kier molecular flexibility index (Phi) is 6.44. The summed E-state index contributed by atoms with van der Waals surface area (Å²) >= 11 is 0. The van der Waals surface area contributed by atoms with Crippen LogP contribution in [-0.2, 0) is 4.79 Å². The maximum absolute atomic E-state index is 12.8. The van der Waals surface area contributed by atoms with E-state index in [-0.39, 0.29) is 17.7 Å². The second kappa shape index (κ2) is 9.19. The van der Waals surface area contributed by atoms with Crippen molar-refractivity contribution in [2.24, 2.45) is 5.92 Å². The molecule has 2 aromatic carbocycles. The Morgan fingerprint density at radius 2 is 1.79 bits per heavy atom. The Morgan fingerprint density at radius 1 is 1.07 bits per heavy atom. The summed E-state index contributed by atoms with van der Waals surface area (Å²) < 4.78 is 5.39. The van der Waals surface area contributed by atoms with Gasteiger partial charge in [-0.3, -0.25) is 14.6 Å². The highest BCUT2D eigenvalue weighted by Crippen LogP contribution is 2.17. The summed E-state index contributed by atoms with van der Waals surface area (Å²) in [5.74, 6) is 0.0240. The first-order chi connectivity index (χ1) is 14.0. The molecule has 0 aliphatic carbocycles. The zero-order valence-corrected chi connectivity index (χ0v) is 16.8. The van der Waals surface area contributed by atoms with Gasteiger partial charge in [0.2, 0.25) is 5.91 Å². The fraction of sp³-hybridized carbons (Fsp3) is 0.261. The number of hydrogen-bond acceptors (Lipinski definition) is 4. The number of rotatable bonds is 7. The Morgan fingerprint density at radius 3 is 2.48 bits per heavy atom. The highest BCUT2D eigenvalue weighted by atomic mass is 16.5. The molecule has 0 spiro atoms. The third kappa shape index (κ3) is 5.10. The predicted octanol–water partition coefficient (Wildman–Crippen LogP) is 4.03. The number of anilines is 1. The van der Waals surface area contributed by atoms with Crippen LogP contribution < -0.4 is 15.4 Å². The van der Waals surface area contributed by atoms with Crippen molar-refractivity contribution in [2.75, 3.05) is 11.9 Å². The summed E-state index contributed by atoms with van der Waals surface area (Å²) in [5.41, 5.74) is 1.92. The largest absolute Gasteiger partial charge is 0.494 e. The fourth-order valence-electron chi connectivity index (χ4n) is 2.99. The molecule has 0 radical (unpaired) electrons. The zero-order valence-electron chi connectivity index (χ0n) is 16.8. The lowest BCUT2D eigenvalue weighted by molar-refractivity contribution is -0.118. The van der Waals surface area contributed by atoms with Crippen LogP contribution in [0.1, 0.15) is 31.1 Å². The first-order valence-corrected chi connectivity index (χ1v) is 9.67. The molecule has 2 N–H and O–H groups in total. The lowest BCUT2D eigenvalue weighted by Gasteiger charge is -2.22.